The molecule has 0 unspecified atom stereocenters. The molecular weight excluding hydrogens is 242 g/mol. The van der Waals surface area contributed by atoms with Gasteiger partial charge in [0, 0.05) is 13.1 Å². The van der Waals surface area contributed by atoms with Gasteiger partial charge in [-0.05, 0) is 13.8 Å². The fraction of sp³-hybridized carbons (Fsp3) is 0.500. The smallest absolute Gasteiger partial charge is 0.347 e. The third-order valence-electron chi connectivity index (χ3n) is 2.79. The number of thiazole rings is 1. The molecule has 2 N–H and O–H groups in total. The Morgan fingerprint density at radius 2 is 2.35 bits per heavy atom. The summed E-state index contributed by atoms with van der Waals surface area (Å²) < 4.78 is 0. The minimum Gasteiger partial charge on any atom is -0.477 e. The monoisotopic (exact) mass is 255 g/mol. The van der Waals surface area contributed by atoms with Crippen LogP contribution in [0.1, 0.15) is 23.5 Å². The first kappa shape index (κ1) is 11.8. The second-order valence-corrected chi connectivity index (χ2v) is 5.29. The summed E-state index contributed by atoms with van der Waals surface area (Å²) in [4.78, 5) is 28.6. The first-order chi connectivity index (χ1) is 7.93. The summed E-state index contributed by atoms with van der Waals surface area (Å²) in [6.07, 6.45) is 1.32. The number of aromatic nitrogens is 1. The van der Waals surface area contributed by atoms with Crippen LogP contribution in [0, 0.1) is 0 Å². The molecule has 1 fully saturated rings. The topological polar surface area (TPSA) is 82.5 Å². The number of hydrogen-bond donors (Lipinski definition) is 2. The van der Waals surface area contributed by atoms with E-state index in [2.05, 4.69) is 10.3 Å². The number of nitrogens with zero attached hydrogens (tertiary/aromatic N) is 2. The fourth-order valence-corrected chi connectivity index (χ4v) is 2.65. The highest BCUT2D eigenvalue weighted by Gasteiger charge is 2.39. The van der Waals surface area contributed by atoms with Gasteiger partial charge in [-0.3, -0.25) is 4.79 Å². The molecule has 0 spiro atoms. The Bertz CT molecular complexity index is 469. The Balaban J connectivity index is 2.31. The molecule has 1 aromatic heterocycles. The van der Waals surface area contributed by atoms with Crippen molar-refractivity contribution in [1.29, 1.82) is 0 Å². The highest BCUT2D eigenvalue weighted by molar-refractivity contribution is 7.17. The van der Waals surface area contributed by atoms with Crippen molar-refractivity contribution in [2.24, 2.45) is 0 Å². The van der Waals surface area contributed by atoms with E-state index >= 15 is 0 Å². The van der Waals surface area contributed by atoms with Crippen LogP contribution in [0.4, 0.5) is 5.13 Å². The summed E-state index contributed by atoms with van der Waals surface area (Å²) in [6.45, 7) is 4.77. The van der Waals surface area contributed by atoms with Crippen LogP contribution in [0.2, 0.25) is 0 Å². The number of carbonyl (C=O) groups is 2. The van der Waals surface area contributed by atoms with E-state index in [0.717, 1.165) is 11.3 Å². The normalized spacial score (nSPS) is 18.9. The van der Waals surface area contributed by atoms with Gasteiger partial charge in [0.1, 0.15) is 10.4 Å². The molecule has 2 rings (SSSR count). The molecule has 2 heterocycles. The van der Waals surface area contributed by atoms with E-state index in [9.17, 15) is 9.59 Å². The number of rotatable bonds is 2. The molecule has 0 bridgehead atoms. The third-order valence-corrected chi connectivity index (χ3v) is 3.79. The SMILES string of the molecule is CC1(C)C(=O)NCCN1c1ncc(C(=O)O)s1. The van der Waals surface area contributed by atoms with E-state index in [-0.39, 0.29) is 10.8 Å². The molecule has 92 valence electrons. The lowest BCUT2D eigenvalue weighted by Gasteiger charge is -2.40. The van der Waals surface area contributed by atoms with E-state index < -0.39 is 11.5 Å². The lowest BCUT2D eigenvalue weighted by atomic mass is 10.00. The van der Waals surface area contributed by atoms with Crippen molar-refractivity contribution in [3.8, 4) is 0 Å². The van der Waals surface area contributed by atoms with Gasteiger partial charge in [-0.2, -0.15) is 0 Å². The summed E-state index contributed by atoms with van der Waals surface area (Å²) in [6, 6.07) is 0. The van der Waals surface area contributed by atoms with Crippen LogP contribution in [-0.2, 0) is 4.79 Å². The quantitative estimate of drug-likeness (QED) is 0.806. The zero-order chi connectivity index (χ0) is 12.6. The summed E-state index contributed by atoms with van der Waals surface area (Å²) in [5.74, 6) is -1.07. The number of hydrogen-bond acceptors (Lipinski definition) is 5. The van der Waals surface area contributed by atoms with Crippen LogP contribution in [0.5, 0.6) is 0 Å². The van der Waals surface area contributed by atoms with E-state index in [1.807, 2.05) is 4.90 Å². The van der Waals surface area contributed by atoms with Gasteiger partial charge in [0.05, 0.1) is 6.20 Å². The molecule has 7 heteroatoms. The molecule has 0 atom stereocenters. The van der Waals surface area contributed by atoms with Crippen LogP contribution < -0.4 is 10.2 Å². The van der Waals surface area contributed by atoms with E-state index in [1.165, 1.54) is 6.20 Å². The highest BCUT2D eigenvalue weighted by Crippen LogP contribution is 2.29. The Labute approximate surface area is 102 Å². The summed E-state index contributed by atoms with van der Waals surface area (Å²) >= 11 is 1.09. The minimum absolute atomic E-state index is 0.0733. The van der Waals surface area contributed by atoms with Crippen LogP contribution >= 0.6 is 11.3 Å². The zero-order valence-corrected chi connectivity index (χ0v) is 10.4. The predicted molar refractivity (Wildman–Crippen MR) is 63.5 cm³/mol. The maximum atomic E-state index is 11.7. The first-order valence-corrected chi connectivity index (χ1v) is 5.99. The van der Waals surface area contributed by atoms with E-state index in [4.69, 9.17) is 5.11 Å². The summed E-state index contributed by atoms with van der Waals surface area (Å²) in [5.41, 5.74) is -0.703. The second-order valence-electron chi connectivity index (χ2n) is 4.28. The molecule has 1 amide bonds. The van der Waals surface area contributed by atoms with E-state index in [1.54, 1.807) is 13.8 Å². The Hall–Kier alpha value is -1.63. The Morgan fingerprint density at radius 1 is 1.65 bits per heavy atom. The average molecular weight is 255 g/mol. The zero-order valence-electron chi connectivity index (χ0n) is 9.56. The molecule has 1 aliphatic heterocycles. The number of carbonyl (C=O) groups excluding carboxylic acids is 1. The van der Waals surface area contributed by atoms with Crippen LogP contribution in [0.25, 0.3) is 0 Å². The van der Waals surface area contributed by atoms with Gasteiger partial charge < -0.3 is 15.3 Å². The molecule has 0 aromatic carbocycles. The van der Waals surface area contributed by atoms with Crippen molar-refractivity contribution in [2.45, 2.75) is 19.4 Å². The fourth-order valence-electron chi connectivity index (χ4n) is 1.72. The van der Waals surface area contributed by atoms with Gasteiger partial charge >= 0.3 is 5.97 Å². The number of anilines is 1. The van der Waals surface area contributed by atoms with Gasteiger partial charge in [0.2, 0.25) is 5.91 Å². The van der Waals surface area contributed by atoms with E-state index in [0.29, 0.717) is 18.2 Å². The molecule has 0 aliphatic carbocycles. The van der Waals surface area contributed by atoms with Gasteiger partial charge in [-0.15, -0.1) is 0 Å². The van der Waals surface area contributed by atoms with Crippen molar-refractivity contribution in [3.63, 3.8) is 0 Å². The molecule has 1 aromatic rings. The highest BCUT2D eigenvalue weighted by atomic mass is 32.1. The number of piperazine rings is 1. The largest absolute Gasteiger partial charge is 0.477 e. The lowest BCUT2D eigenvalue weighted by molar-refractivity contribution is -0.126. The molecule has 1 aliphatic rings. The predicted octanol–water partition coefficient (Wildman–Crippen LogP) is 0.556. The number of amides is 1. The molecule has 6 nitrogen and oxygen atoms in total. The number of carboxylic acids is 1. The average Bonchev–Trinajstić information content (AvgIpc) is 2.71. The molecular formula is C10H13N3O3S. The summed E-state index contributed by atoms with van der Waals surface area (Å²) in [5, 5.41) is 12.2. The number of aromatic carboxylic acids is 1. The molecule has 17 heavy (non-hydrogen) atoms. The van der Waals surface area contributed by atoms with Gasteiger partial charge in [-0.25, -0.2) is 9.78 Å². The first-order valence-electron chi connectivity index (χ1n) is 5.18. The second kappa shape index (κ2) is 3.99. The van der Waals surface area contributed by atoms with Gasteiger partial charge in [0.25, 0.3) is 0 Å². The maximum absolute atomic E-state index is 11.7. The number of carboxylic acid groups (broad SMARTS) is 1. The van der Waals surface area contributed by atoms with Crippen molar-refractivity contribution < 1.29 is 14.7 Å². The number of nitrogens with one attached hydrogen (secondary N) is 1. The Morgan fingerprint density at radius 3 is 2.94 bits per heavy atom. The molecule has 0 radical (unpaired) electrons. The minimum atomic E-state index is -0.993. The standard InChI is InChI=1S/C10H13N3O3S/c1-10(2)8(16)11-3-4-13(10)9-12-5-6(17-9)7(14)15/h5H,3-4H2,1-2H3,(H,11,16)(H,14,15). The maximum Gasteiger partial charge on any atom is 0.347 e. The molecule has 1 saturated heterocycles. The van der Waals surface area contributed by atoms with Crippen molar-refractivity contribution in [3.05, 3.63) is 11.1 Å². The third kappa shape index (κ3) is 1.97. The van der Waals surface area contributed by atoms with Crippen LogP contribution in [-0.4, -0.2) is 40.6 Å². The van der Waals surface area contributed by atoms with Gasteiger partial charge in [-0.1, -0.05) is 11.3 Å². The lowest BCUT2D eigenvalue weighted by Crippen LogP contribution is -2.62. The summed E-state index contributed by atoms with van der Waals surface area (Å²) in [7, 11) is 0. The molecule has 0 saturated carbocycles. The van der Waals surface area contributed by atoms with Crippen molar-refractivity contribution in [1.82, 2.24) is 10.3 Å². The van der Waals surface area contributed by atoms with Gasteiger partial charge in [0.15, 0.2) is 5.13 Å². The van der Waals surface area contributed by atoms with Crippen LogP contribution in [0.3, 0.4) is 0 Å². The van der Waals surface area contributed by atoms with Crippen molar-refractivity contribution in [2.75, 3.05) is 18.0 Å². The van der Waals surface area contributed by atoms with Crippen molar-refractivity contribution >= 4 is 28.3 Å². The Kier molecular flexibility index (Phi) is 2.78. The van der Waals surface area contributed by atoms with Crippen LogP contribution in [0.15, 0.2) is 6.20 Å².